The zero-order chi connectivity index (χ0) is 21.2. The van der Waals surface area contributed by atoms with E-state index >= 15 is 0 Å². The number of nitrogens with one attached hydrogen (secondary N) is 1. The van der Waals surface area contributed by atoms with E-state index < -0.39 is 17.5 Å². The van der Waals surface area contributed by atoms with Gasteiger partial charge < -0.3 is 25.1 Å². The largest absolute Gasteiger partial charge is 0.733 e. The van der Waals surface area contributed by atoms with E-state index in [9.17, 15) is 20.0 Å². The first kappa shape index (κ1) is 18.5. The van der Waals surface area contributed by atoms with Crippen molar-refractivity contribution in [1.29, 1.82) is 0 Å². The third kappa shape index (κ3) is 2.24. The molecule has 3 amide bonds. The lowest BCUT2D eigenvalue weighted by Gasteiger charge is -2.35. The summed E-state index contributed by atoms with van der Waals surface area (Å²) in [6.45, 7) is 2.05. The number of carbonyl (C=O) groups excluding carboxylic acids is 2. The molecule has 3 aromatic rings. The molecule has 0 aliphatic carbocycles. The van der Waals surface area contributed by atoms with E-state index in [0.717, 1.165) is 21.4 Å². The normalized spacial score (nSPS) is 20.5. The predicted octanol–water partition coefficient (Wildman–Crippen LogP) is 3.11. The number of imide groups is 1. The standard InChI is InChI=1S/C21H19N4O5/c1-21-18-13(14-11-12(30-2)7-8-15(14)22-18)9-10-23(21)20(27)24(19(21)26)16-5-3-4-6-17(16)25(28)29/h3-8,11,22,28H,9-10H2,1-2H3/q-1/t21-/m0/s1. The Morgan fingerprint density at radius 3 is 2.73 bits per heavy atom. The van der Waals surface area contributed by atoms with E-state index in [1.54, 1.807) is 26.2 Å². The first-order valence-corrected chi connectivity index (χ1v) is 9.48. The lowest BCUT2D eigenvalue weighted by atomic mass is 9.87. The fourth-order valence-corrected chi connectivity index (χ4v) is 4.57. The van der Waals surface area contributed by atoms with Crippen LogP contribution in [0, 0.1) is 5.21 Å². The van der Waals surface area contributed by atoms with Crippen molar-refractivity contribution in [3.63, 3.8) is 0 Å². The van der Waals surface area contributed by atoms with Crippen molar-refractivity contribution in [2.45, 2.75) is 18.9 Å². The fourth-order valence-electron chi connectivity index (χ4n) is 4.57. The summed E-state index contributed by atoms with van der Waals surface area (Å²) in [6.07, 6.45) is 0.570. The molecule has 9 nitrogen and oxygen atoms in total. The highest BCUT2D eigenvalue weighted by Crippen LogP contribution is 2.46. The number of urea groups is 1. The first-order chi connectivity index (χ1) is 14.4. The van der Waals surface area contributed by atoms with E-state index in [4.69, 9.17) is 4.74 Å². The Kier molecular flexibility index (Phi) is 3.83. The molecule has 2 aliphatic rings. The van der Waals surface area contributed by atoms with E-state index in [0.29, 0.717) is 24.4 Å². The summed E-state index contributed by atoms with van der Waals surface area (Å²) >= 11 is 0. The lowest BCUT2D eigenvalue weighted by Crippen LogP contribution is -2.49. The molecule has 154 valence electrons. The second kappa shape index (κ2) is 6.22. The maximum atomic E-state index is 13.6. The highest BCUT2D eigenvalue weighted by Gasteiger charge is 2.59. The van der Waals surface area contributed by atoms with Gasteiger partial charge in [-0.1, -0.05) is 12.1 Å². The average Bonchev–Trinajstić information content (AvgIpc) is 3.21. The number of benzene rings is 2. The molecule has 2 aliphatic heterocycles. The Morgan fingerprint density at radius 1 is 1.23 bits per heavy atom. The molecule has 2 N–H and O–H groups in total. The molecule has 30 heavy (non-hydrogen) atoms. The van der Waals surface area contributed by atoms with Crippen LogP contribution in [-0.4, -0.2) is 40.7 Å². The highest BCUT2D eigenvalue weighted by molar-refractivity contribution is 6.24. The summed E-state index contributed by atoms with van der Waals surface area (Å²) in [5.41, 5.74) is 1.07. The lowest BCUT2D eigenvalue weighted by molar-refractivity contribution is -0.125. The number of aromatic amines is 1. The van der Waals surface area contributed by atoms with Crippen LogP contribution >= 0.6 is 0 Å². The quantitative estimate of drug-likeness (QED) is 0.510. The van der Waals surface area contributed by atoms with E-state index in [2.05, 4.69) is 4.98 Å². The predicted molar refractivity (Wildman–Crippen MR) is 110 cm³/mol. The second-order valence-electron chi connectivity index (χ2n) is 7.55. The minimum Gasteiger partial charge on any atom is -0.733 e. The van der Waals surface area contributed by atoms with Gasteiger partial charge >= 0.3 is 6.03 Å². The smallest absolute Gasteiger partial charge is 0.332 e. The number of fused-ring (bicyclic) bond motifs is 5. The van der Waals surface area contributed by atoms with Gasteiger partial charge in [0.2, 0.25) is 0 Å². The molecule has 3 heterocycles. The van der Waals surface area contributed by atoms with Gasteiger partial charge in [-0.15, -0.1) is 0 Å². The Balaban J connectivity index is 1.68. The topological polar surface area (TPSA) is 112 Å². The van der Waals surface area contributed by atoms with Crippen molar-refractivity contribution >= 4 is 34.2 Å². The summed E-state index contributed by atoms with van der Waals surface area (Å²) in [4.78, 5) is 32.7. The number of nitrogens with zero attached hydrogens (tertiary/aromatic N) is 3. The molecule has 1 saturated heterocycles. The fraction of sp³-hybridized carbons (Fsp3) is 0.238. The second-order valence-corrected chi connectivity index (χ2v) is 7.55. The van der Waals surface area contributed by atoms with Gasteiger partial charge in [0.05, 0.1) is 24.2 Å². The maximum Gasteiger partial charge on any atom is 0.332 e. The van der Waals surface area contributed by atoms with Crippen LogP contribution in [0.4, 0.5) is 16.2 Å². The van der Waals surface area contributed by atoms with Gasteiger partial charge in [-0.05, 0) is 49.2 Å². The number of methoxy groups -OCH3 is 1. The molecule has 0 spiro atoms. The van der Waals surface area contributed by atoms with Crippen molar-refractivity contribution in [3.05, 3.63) is 58.9 Å². The Labute approximate surface area is 171 Å². The van der Waals surface area contributed by atoms with Crippen LogP contribution in [0.2, 0.25) is 0 Å². The molecule has 2 aromatic carbocycles. The van der Waals surface area contributed by atoms with E-state index in [1.807, 2.05) is 18.2 Å². The van der Waals surface area contributed by atoms with E-state index in [1.165, 1.54) is 17.0 Å². The number of rotatable bonds is 3. The minimum absolute atomic E-state index is 0.0416. The molecule has 0 radical (unpaired) electrons. The summed E-state index contributed by atoms with van der Waals surface area (Å²) in [5, 5.41) is 21.7. The van der Waals surface area contributed by atoms with Gasteiger partial charge in [-0.25, -0.2) is 9.69 Å². The summed E-state index contributed by atoms with van der Waals surface area (Å²) in [6, 6.07) is 11.1. The van der Waals surface area contributed by atoms with Crippen LogP contribution in [-0.2, 0) is 16.8 Å². The Morgan fingerprint density at radius 2 is 2.00 bits per heavy atom. The van der Waals surface area contributed by atoms with Crippen LogP contribution < -0.4 is 14.9 Å². The molecule has 9 heteroatoms. The third-order valence-electron chi connectivity index (χ3n) is 6.10. The third-order valence-corrected chi connectivity index (χ3v) is 6.10. The molecule has 0 saturated carbocycles. The molecular formula is C21H19N4O5-. The first-order valence-electron chi connectivity index (χ1n) is 9.48. The number of hydrogen-bond acceptors (Lipinski definition) is 6. The Bertz CT molecular complexity index is 1200. The van der Waals surface area contributed by atoms with Gasteiger partial charge in [0, 0.05) is 17.4 Å². The zero-order valence-electron chi connectivity index (χ0n) is 16.4. The van der Waals surface area contributed by atoms with Crippen molar-refractivity contribution in [1.82, 2.24) is 9.88 Å². The number of H-pyrrole nitrogens is 1. The van der Waals surface area contributed by atoms with Crippen LogP contribution in [0.3, 0.4) is 0 Å². The molecule has 5 rings (SSSR count). The minimum atomic E-state index is -1.26. The van der Waals surface area contributed by atoms with Crippen LogP contribution in [0.5, 0.6) is 5.75 Å². The van der Waals surface area contributed by atoms with Crippen molar-refractivity contribution < 1.29 is 19.5 Å². The molecule has 0 unspecified atom stereocenters. The van der Waals surface area contributed by atoms with Crippen LogP contribution in [0.25, 0.3) is 10.9 Å². The number of carbonyl (C=O) groups is 2. The summed E-state index contributed by atoms with van der Waals surface area (Å²) in [7, 11) is 1.60. The SMILES string of the molecule is COc1ccc2[nH]c3c(c2c1)CCN1C(=O)N(c2ccccc2N([O-])O)C(=O)[C@]31C. The molecule has 1 atom stereocenters. The average molecular weight is 407 g/mol. The number of anilines is 2. The monoisotopic (exact) mass is 407 g/mol. The number of amides is 3. The van der Waals surface area contributed by atoms with Crippen molar-refractivity contribution in [3.8, 4) is 5.75 Å². The highest BCUT2D eigenvalue weighted by atomic mass is 16.8. The summed E-state index contributed by atoms with van der Waals surface area (Å²) < 4.78 is 5.33. The van der Waals surface area contributed by atoms with Crippen LogP contribution in [0.1, 0.15) is 18.2 Å². The van der Waals surface area contributed by atoms with Crippen molar-refractivity contribution in [2.75, 3.05) is 23.8 Å². The van der Waals surface area contributed by atoms with Crippen molar-refractivity contribution in [2.24, 2.45) is 0 Å². The van der Waals surface area contributed by atoms with E-state index in [-0.39, 0.29) is 16.6 Å². The zero-order valence-corrected chi connectivity index (χ0v) is 16.4. The number of aromatic nitrogens is 1. The van der Waals surface area contributed by atoms with Crippen LogP contribution in [0.15, 0.2) is 42.5 Å². The summed E-state index contributed by atoms with van der Waals surface area (Å²) in [5.74, 6) is 0.223. The molecular weight excluding hydrogens is 388 g/mol. The van der Waals surface area contributed by atoms with Gasteiger partial charge in [-0.3, -0.25) is 10.0 Å². The van der Waals surface area contributed by atoms with Gasteiger partial charge in [0.15, 0.2) is 5.54 Å². The molecule has 1 fully saturated rings. The molecule has 0 bridgehead atoms. The van der Waals surface area contributed by atoms with Gasteiger partial charge in [0.1, 0.15) is 5.75 Å². The number of para-hydroxylation sites is 2. The van der Waals surface area contributed by atoms with Gasteiger partial charge in [-0.2, -0.15) is 0 Å². The Hall–Kier alpha value is -3.56. The number of ether oxygens (including phenoxy) is 1. The molecule has 1 aromatic heterocycles. The van der Waals surface area contributed by atoms with Gasteiger partial charge in [0.25, 0.3) is 5.91 Å². The maximum absolute atomic E-state index is 13.6. The number of hydrogen-bond donors (Lipinski definition) is 2.